The Labute approximate surface area is 127 Å². The summed E-state index contributed by atoms with van der Waals surface area (Å²) in [5, 5.41) is 3.12. The van der Waals surface area contributed by atoms with Crippen molar-refractivity contribution in [3.63, 3.8) is 0 Å². The van der Waals surface area contributed by atoms with E-state index >= 15 is 0 Å². The largest absolute Gasteiger partial charge is 0.384 e. The highest BCUT2D eigenvalue weighted by molar-refractivity contribution is 7.89. The van der Waals surface area contributed by atoms with Gasteiger partial charge in [0.1, 0.15) is 4.90 Å². The van der Waals surface area contributed by atoms with Gasteiger partial charge in [-0.05, 0) is 38.8 Å². The van der Waals surface area contributed by atoms with E-state index in [9.17, 15) is 8.42 Å². The second kappa shape index (κ2) is 7.24. The molecule has 1 saturated heterocycles. The lowest BCUT2D eigenvalue weighted by Crippen LogP contribution is -2.41. The molecule has 1 aliphatic rings. The summed E-state index contributed by atoms with van der Waals surface area (Å²) >= 11 is 0. The van der Waals surface area contributed by atoms with Crippen molar-refractivity contribution in [2.45, 2.75) is 37.7 Å². The van der Waals surface area contributed by atoms with Crippen molar-refractivity contribution < 1.29 is 13.2 Å². The number of sulfonamides is 1. The number of anilines is 1. The molecule has 1 N–H and O–H groups in total. The van der Waals surface area contributed by atoms with Crippen LogP contribution in [-0.2, 0) is 14.8 Å². The van der Waals surface area contributed by atoms with E-state index in [1.165, 1.54) is 0 Å². The van der Waals surface area contributed by atoms with Crippen LogP contribution >= 0.6 is 0 Å². The van der Waals surface area contributed by atoms with Crippen molar-refractivity contribution in [1.82, 2.24) is 4.31 Å². The topological polar surface area (TPSA) is 58.6 Å². The molecule has 1 aliphatic heterocycles. The number of rotatable bonds is 6. The minimum absolute atomic E-state index is 0.186. The van der Waals surface area contributed by atoms with E-state index in [-0.39, 0.29) is 6.10 Å². The van der Waals surface area contributed by atoms with Gasteiger partial charge in [-0.15, -0.1) is 0 Å². The van der Waals surface area contributed by atoms with E-state index in [0.717, 1.165) is 12.8 Å². The number of hydrogen-bond acceptors (Lipinski definition) is 4. The number of ether oxygens (including phenoxy) is 1. The van der Waals surface area contributed by atoms with Crippen molar-refractivity contribution in [3.8, 4) is 0 Å². The van der Waals surface area contributed by atoms with Gasteiger partial charge in [0.2, 0.25) is 10.0 Å². The zero-order valence-corrected chi connectivity index (χ0v) is 13.5. The highest BCUT2D eigenvalue weighted by Crippen LogP contribution is 2.27. The SMILES string of the molecule is CCNc1ccccc1S(=O)(=O)N1CCC(OCC)CC1. The van der Waals surface area contributed by atoms with Gasteiger partial charge in [0, 0.05) is 26.2 Å². The Balaban J connectivity index is 2.16. The van der Waals surface area contributed by atoms with E-state index < -0.39 is 10.0 Å². The molecule has 1 aromatic rings. The van der Waals surface area contributed by atoms with Crippen LogP contribution in [0.2, 0.25) is 0 Å². The molecule has 0 spiro atoms. The van der Waals surface area contributed by atoms with Gasteiger partial charge in [-0.1, -0.05) is 12.1 Å². The van der Waals surface area contributed by atoms with Crippen LogP contribution in [0.25, 0.3) is 0 Å². The number of nitrogens with one attached hydrogen (secondary N) is 1. The van der Waals surface area contributed by atoms with Gasteiger partial charge in [0.15, 0.2) is 0 Å². The van der Waals surface area contributed by atoms with Gasteiger partial charge in [0.25, 0.3) is 0 Å². The molecule has 0 atom stereocenters. The molecule has 5 nitrogen and oxygen atoms in total. The molecule has 1 fully saturated rings. The maximum atomic E-state index is 12.8. The third-order valence-electron chi connectivity index (χ3n) is 3.68. The standard InChI is InChI=1S/C15H24N2O3S/c1-3-16-14-7-5-6-8-15(14)21(18,19)17-11-9-13(10-12-17)20-4-2/h5-8,13,16H,3-4,9-12H2,1-2H3. The predicted molar refractivity (Wildman–Crippen MR) is 84.0 cm³/mol. The third-order valence-corrected chi connectivity index (χ3v) is 5.63. The molecule has 0 bridgehead atoms. The summed E-state index contributed by atoms with van der Waals surface area (Å²) in [7, 11) is -3.44. The van der Waals surface area contributed by atoms with E-state index in [1.54, 1.807) is 16.4 Å². The molecule has 21 heavy (non-hydrogen) atoms. The Kier molecular flexibility index (Phi) is 5.61. The first-order valence-corrected chi connectivity index (χ1v) is 8.98. The molecule has 118 valence electrons. The lowest BCUT2D eigenvalue weighted by molar-refractivity contribution is 0.0290. The number of hydrogen-bond donors (Lipinski definition) is 1. The Morgan fingerprint density at radius 1 is 1.24 bits per heavy atom. The zero-order valence-electron chi connectivity index (χ0n) is 12.7. The Morgan fingerprint density at radius 2 is 1.90 bits per heavy atom. The van der Waals surface area contributed by atoms with Crippen LogP contribution in [0.5, 0.6) is 0 Å². The van der Waals surface area contributed by atoms with Gasteiger partial charge in [-0.25, -0.2) is 8.42 Å². The second-order valence-corrected chi connectivity index (χ2v) is 6.99. The average molecular weight is 312 g/mol. The fourth-order valence-corrected chi connectivity index (χ4v) is 4.28. The fourth-order valence-electron chi connectivity index (χ4n) is 2.64. The van der Waals surface area contributed by atoms with Crippen molar-refractivity contribution in [2.75, 3.05) is 31.6 Å². The summed E-state index contributed by atoms with van der Waals surface area (Å²) < 4.78 is 32.7. The molecule has 0 aromatic heterocycles. The van der Waals surface area contributed by atoms with Gasteiger partial charge in [0.05, 0.1) is 11.8 Å². The normalized spacial score (nSPS) is 17.8. The van der Waals surface area contributed by atoms with E-state index in [4.69, 9.17) is 4.74 Å². The van der Waals surface area contributed by atoms with Gasteiger partial charge in [-0.2, -0.15) is 4.31 Å². The van der Waals surface area contributed by atoms with Crippen LogP contribution in [0.1, 0.15) is 26.7 Å². The highest BCUT2D eigenvalue weighted by Gasteiger charge is 2.30. The predicted octanol–water partition coefficient (Wildman–Crippen LogP) is 2.31. The summed E-state index contributed by atoms with van der Waals surface area (Å²) in [5.41, 5.74) is 0.673. The molecule has 0 aliphatic carbocycles. The molecule has 0 saturated carbocycles. The zero-order chi connectivity index (χ0) is 15.3. The summed E-state index contributed by atoms with van der Waals surface area (Å²) in [6.45, 7) is 6.34. The van der Waals surface area contributed by atoms with Crippen LogP contribution < -0.4 is 5.32 Å². The van der Waals surface area contributed by atoms with E-state index in [1.807, 2.05) is 26.0 Å². The Morgan fingerprint density at radius 3 is 2.52 bits per heavy atom. The molecule has 0 radical (unpaired) electrons. The van der Waals surface area contributed by atoms with Gasteiger partial charge < -0.3 is 10.1 Å². The van der Waals surface area contributed by atoms with E-state index in [2.05, 4.69) is 5.32 Å². The number of para-hydroxylation sites is 1. The molecule has 0 amide bonds. The molecular weight excluding hydrogens is 288 g/mol. The average Bonchev–Trinajstić information content (AvgIpc) is 2.49. The summed E-state index contributed by atoms with van der Waals surface area (Å²) in [6, 6.07) is 7.09. The fraction of sp³-hybridized carbons (Fsp3) is 0.600. The molecule has 6 heteroatoms. The molecule has 2 rings (SSSR count). The minimum atomic E-state index is -3.44. The second-order valence-electron chi connectivity index (χ2n) is 5.09. The smallest absolute Gasteiger partial charge is 0.245 e. The Bertz CT molecular complexity index is 552. The maximum Gasteiger partial charge on any atom is 0.245 e. The number of piperidine rings is 1. The van der Waals surface area contributed by atoms with Crippen molar-refractivity contribution in [2.24, 2.45) is 0 Å². The monoisotopic (exact) mass is 312 g/mol. The first-order chi connectivity index (χ1) is 10.1. The molecular formula is C15H24N2O3S. The van der Waals surface area contributed by atoms with Crippen LogP contribution in [0.4, 0.5) is 5.69 Å². The van der Waals surface area contributed by atoms with Crippen LogP contribution in [0.3, 0.4) is 0 Å². The van der Waals surface area contributed by atoms with Crippen LogP contribution in [0.15, 0.2) is 29.2 Å². The van der Waals surface area contributed by atoms with Crippen molar-refractivity contribution >= 4 is 15.7 Å². The first-order valence-electron chi connectivity index (χ1n) is 7.54. The summed E-state index contributed by atoms with van der Waals surface area (Å²) in [6.07, 6.45) is 1.71. The first kappa shape index (κ1) is 16.3. The lowest BCUT2D eigenvalue weighted by Gasteiger charge is -2.31. The van der Waals surface area contributed by atoms with Gasteiger partial charge in [-0.3, -0.25) is 0 Å². The quantitative estimate of drug-likeness (QED) is 0.876. The number of nitrogens with zero attached hydrogens (tertiary/aromatic N) is 1. The Hall–Kier alpha value is -1.11. The molecule has 0 unspecified atom stereocenters. The maximum absolute atomic E-state index is 12.8. The third kappa shape index (κ3) is 3.75. The molecule has 1 heterocycles. The minimum Gasteiger partial charge on any atom is -0.384 e. The van der Waals surface area contributed by atoms with E-state index in [0.29, 0.717) is 36.8 Å². The number of benzene rings is 1. The summed E-state index contributed by atoms with van der Waals surface area (Å²) in [4.78, 5) is 0.363. The van der Waals surface area contributed by atoms with Gasteiger partial charge >= 0.3 is 0 Å². The molecule has 1 aromatic carbocycles. The van der Waals surface area contributed by atoms with Crippen LogP contribution in [-0.4, -0.2) is 45.1 Å². The van der Waals surface area contributed by atoms with Crippen LogP contribution in [0, 0.1) is 0 Å². The summed E-state index contributed by atoms with van der Waals surface area (Å²) in [5.74, 6) is 0. The van der Waals surface area contributed by atoms with Crippen molar-refractivity contribution in [1.29, 1.82) is 0 Å². The highest BCUT2D eigenvalue weighted by atomic mass is 32.2. The lowest BCUT2D eigenvalue weighted by atomic mass is 10.1. The van der Waals surface area contributed by atoms with Crippen molar-refractivity contribution in [3.05, 3.63) is 24.3 Å².